The van der Waals surface area contributed by atoms with Crippen LogP contribution in [0.15, 0.2) is 22.7 Å². The zero-order chi connectivity index (χ0) is 15.6. The van der Waals surface area contributed by atoms with E-state index in [4.69, 9.17) is 0 Å². The van der Waals surface area contributed by atoms with Crippen molar-refractivity contribution in [1.82, 2.24) is 5.32 Å². The molecule has 21 heavy (non-hydrogen) atoms. The van der Waals surface area contributed by atoms with Gasteiger partial charge in [0.25, 0.3) is 5.91 Å². The van der Waals surface area contributed by atoms with E-state index in [0.717, 1.165) is 18.9 Å². The lowest BCUT2D eigenvalue weighted by Gasteiger charge is -2.39. The first kappa shape index (κ1) is 15.9. The monoisotopic (exact) mass is 357 g/mol. The van der Waals surface area contributed by atoms with E-state index in [1.807, 2.05) is 0 Å². The molecule has 0 radical (unpaired) electrons. The molecular formula is C15H17BrFNO3. The van der Waals surface area contributed by atoms with Crippen molar-refractivity contribution in [3.05, 3.63) is 34.1 Å². The largest absolute Gasteiger partial charge is 0.481 e. The molecule has 0 saturated heterocycles. The van der Waals surface area contributed by atoms with Crippen LogP contribution in [0.25, 0.3) is 0 Å². The molecule has 1 fully saturated rings. The molecule has 0 spiro atoms. The number of carbonyl (C=O) groups is 2. The first-order valence-corrected chi connectivity index (χ1v) is 7.63. The number of nitrogens with one attached hydrogen (secondary N) is 1. The third-order valence-electron chi connectivity index (χ3n) is 4.08. The number of amides is 1. The maximum Gasteiger partial charge on any atom is 0.308 e. The molecule has 2 atom stereocenters. The normalized spacial score (nSPS) is 25.4. The molecule has 6 heteroatoms. The summed E-state index contributed by atoms with van der Waals surface area (Å²) in [5.41, 5.74) is -0.640. The summed E-state index contributed by atoms with van der Waals surface area (Å²) >= 11 is 3.21. The van der Waals surface area contributed by atoms with Crippen molar-refractivity contribution in [3.63, 3.8) is 0 Å². The van der Waals surface area contributed by atoms with Crippen molar-refractivity contribution in [3.8, 4) is 0 Å². The van der Waals surface area contributed by atoms with Crippen molar-refractivity contribution < 1.29 is 19.1 Å². The van der Waals surface area contributed by atoms with Crippen molar-refractivity contribution in [1.29, 1.82) is 0 Å². The molecule has 2 unspecified atom stereocenters. The van der Waals surface area contributed by atoms with Gasteiger partial charge in [0.1, 0.15) is 5.82 Å². The van der Waals surface area contributed by atoms with Gasteiger partial charge in [-0.15, -0.1) is 0 Å². The fraction of sp³-hybridized carbons (Fsp3) is 0.467. The van der Waals surface area contributed by atoms with Gasteiger partial charge < -0.3 is 10.4 Å². The number of hydrogen-bond acceptors (Lipinski definition) is 2. The molecule has 0 bridgehead atoms. The molecule has 1 aromatic carbocycles. The predicted octanol–water partition coefficient (Wildman–Crippen LogP) is 3.35. The number of halogens is 2. The summed E-state index contributed by atoms with van der Waals surface area (Å²) in [7, 11) is 0. The minimum Gasteiger partial charge on any atom is -0.481 e. The van der Waals surface area contributed by atoms with Gasteiger partial charge in [0.05, 0.1) is 17.0 Å². The van der Waals surface area contributed by atoms with Gasteiger partial charge >= 0.3 is 5.97 Å². The lowest BCUT2D eigenvalue weighted by molar-refractivity contribution is -0.145. The summed E-state index contributed by atoms with van der Waals surface area (Å²) in [5.74, 6) is -2.50. The molecule has 1 aliphatic carbocycles. The van der Waals surface area contributed by atoms with Gasteiger partial charge in [-0.1, -0.05) is 12.8 Å². The molecule has 0 aromatic heterocycles. The van der Waals surface area contributed by atoms with Crippen LogP contribution < -0.4 is 5.32 Å². The highest BCUT2D eigenvalue weighted by Crippen LogP contribution is 2.34. The lowest BCUT2D eigenvalue weighted by atomic mass is 9.73. The zero-order valence-electron chi connectivity index (χ0n) is 11.7. The average Bonchev–Trinajstić information content (AvgIpc) is 2.41. The van der Waals surface area contributed by atoms with Gasteiger partial charge in [-0.2, -0.15) is 0 Å². The van der Waals surface area contributed by atoms with Crippen LogP contribution in [0.2, 0.25) is 0 Å². The number of rotatable bonds is 3. The number of carboxylic acid groups (broad SMARTS) is 1. The van der Waals surface area contributed by atoms with E-state index in [-0.39, 0.29) is 5.56 Å². The number of benzene rings is 1. The van der Waals surface area contributed by atoms with Crippen molar-refractivity contribution in [2.75, 3.05) is 0 Å². The molecule has 2 rings (SSSR count). The Hall–Kier alpha value is -1.43. The van der Waals surface area contributed by atoms with E-state index in [2.05, 4.69) is 21.2 Å². The first-order chi connectivity index (χ1) is 9.83. The van der Waals surface area contributed by atoms with E-state index in [9.17, 15) is 19.1 Å². The maximum absolute atomic E-state index is 13.3. The van der Waals surface area contributed by atoms with Gasteiger partial charge in [-0.3, -0.25) is 9.59 Å². The third kappa shape index (κ3) is 3.43. The topological polar surface area (TPSA) is 66.4 Å². The second-order valence-electron chi connectivity index (χ2n) is 5.63. The predicted molar refractivity (Wildman–Crippen MR) is 79.6 cm³/mol. The van der Waals surface area contributed by atoms with E-state index in [1.165, 1.54) is 12.1 Å². The fourth-order valence-corrected chi connectivity index (χ4v) is 3.30. The van der Waals surface area contributed by atoms with Crippen LogP contribution in [0.3, 0.4) is 0 Å². The van der Waals surface area contributed by atoms with E-state index < -0.39 is 29.2 Å². The fourth-order valence-electron chi connectivity index (χ4n) is 2.88. The quantitative estimate of drug-likeness (QED) is 0.871. The minimum atomic E-state index is -0.907. The Bertz CT molecular complexity index is 578. The molecular weight excluding hydrogens is 341 g/mol. The summed E-state index contributed by atoms with van der Waals surface area (Å²) in [4.78, 5) is 23.7. The Morgan fingerprint density at radius 3 is 2.81 bits per heavy atom. The summed E-state index contributed by atoms with van der Waals surface area (Å²) in [5, 5.41) is 12.1. The van der Waals surface area contributed by atoms with Crippen LogP contribution in [-0.2, 0) is 4.79 Å². The molecule has 0 heterocycles. The van der Waals surface area contributed by atoms with Crippen molar-refractivity contribution >= 4 is 27.8 Å². The number of hydrogen-bond donors (Lipinski definition) is 2. The van der Waals surface area contributed by atoms with Crippen molar-refractivity contribution in [2.24, 2.45) is 5.92 Å². The third-order valence-corrected chi connectivity index (χ3v) is 4.77. The number of carboxylic acids is 1. The van der Waals surface area contributed by atoms with Crippen LogP contribution in [-0.4, -0.2) is 22.5 Å². The smallest absolute Gasteiger partial charge is 0.308 e. The van der Waals surface area contributed by atoms with Gasteiger partial charge in [0.2, 0.25) is 0 Å². The summed E-state index contributed by atoms with van der Waals surface area (Å²) in [6, 6.07) is 3.85. The summed E-state index contributed by atoms with van der Waals surface area (Å²) in [6.45, 7) is 1.75. The van der Waals surface area contributed by atoms with E-state index in [1.54, 1.807) is 6.92 Å². The second-order valence-corrected chi connectivity index (χ2v) is 6.49. The first-order valence-electron chi connectivity index (χ1n) is 6.84. The lowest BCUT2D eigenvalue weighted by Crippen LogP contribution is -2.55. The molecule has 4 nitrogen and oxygen atoms in total. The Balaban J connectivity index is 2.24. The van der Waals surface area contributed by atoms with E-state index in [0.29, 0.717) is 17.3 Å². The molecule has 2 N–H and O–H groups in total. The van der Waals surface area contributed by atoms with Crippen LogP contribution in [0, 0.1) is 11.7 Å². The molecule has 1 saturated carbocycles. The number of aliphatic carboxylic acids is 1. The maximum atomic E-state index is 13.3. The highest BCUT2D eigenvalue weighted by molar-refractivity contribution is 9.10. The zero-order valence-corrected chi connectivity index (χ0v) is 13.2. The highest BCUT2D eigenvalue weighted by atomic mass is 79.9. The Morgan fingerprint density at radius 2 is 2.14 bits per heavy atom. The molecule has 1 aliphatic rings. The van der Waals surface area contributed by atoms with Gasteiger partial charge in [0, 0.05) is 4.47 Å². The number of carbonyl (C=O) groups excluding carboxylic acids is 1. The average molecular weight is 358 g/mol. The Labute approximate surface area is 130 Å². The second kappa shape index (κ2) is 6.13. The standard InChI is InChI=1S/C15H17BrFNO3/c1-15(7-3-2-4-11(15)14(20)21)18-13(19)10-8-9(17)5-6-12(10)16/h5-6,8,11H,2-4,7H2,1H3,(H,18,19)(H,20,21). The summed E-state index contributed by atoms with van der Waals surface area (Å²) in [6.07, 6.45) is 2.84. The minimum absolute atomic E-state index is 0.172. The van der Waals surface area contributed by atoms with Gasteiger partial charge in [-0.25, -0.2) is 4.39 Å². The molecule has 1 amide bonds. The van der Waals surface area contributed by atoms with Gasteiger partial charge in [0.15, 0.2) is 0 Å². The van der Waals surface area contributed by atoms with Crippen LogP contribution in [0.5, 0.6) is 0 Å². The van der Waals surface area contributed by atoms with Gasteiger partial charge in [-0.05, 0) is 53.9 Å². The Kier molecular flexibility index (Phi) is 4.66. The Morgan fingerprint density at radius 1 is 1.43 bits per heavy atom. The van der Waals surface area contributed by atoms with Crippen molar-refractivity contribution in [2.45, 2.75) is 38.1 Å². The summed E-state index contributed by atoms with van der Waals surface area (Å²) < 4.78 is 13.8. The van der Waals surface area contributed by atoms with Crippen LogP contribution in [0.4, 0.5) is 4.39 Å². The SMILES string of the molecule is CC1(NC(=O)c2cc(F)ccc2Br)CCCCC1C(=O)O. The highest BCUT2D eigenvalue weighted by Gasteiger charge is 2.42. The molecule has 0 aliphatic heterocycles. The molecule has 1 aromatic rings. The molecule has 114 valence electrons. The van der Waals surface area contributed by atoms with E-state index >= 15 is 0 Å². The van der Waals surface area contributed by atoms with Crippen LogP contribution in [0.1, 0.15) is 43.0 Å². The van der Waals surface area contributed by atoms with Crippen LogP contribution >= 0.6 is 15.9 Å².